The molecule has 0 saturated carbocycles. The molecule has 0 aromatic carbocycles. The van der Waals surface area contributed by atoms with Crippen molar-refractivity contribution in [2.75, 3.05) is 0 Å². The Morgan fingerprint density at radius 1 is 1.44 bits per heavy atom. The van der Waals surface area contributed by atoms with Gasteiger partial charge < -0.3 is 9.84 Å². The molecule has 1 rings (SSSR count). The molecule has 1 aromatic heterocycles. The van der Waals surface area contributed by atoms with E-state index in [2.05, 4.69) is 4.98 Å². The molecule has 0 aliphatic rings. The number of carboxylic acid groups (broad SMARTS) is 1. The van der Waals surface area contributed by atoms with Crippen molar-refractivity contribution < 1.29 is 19.4 Å². The van der Waals surface area contributed by atoms with Gasteiger partial charge >= 0.3 is 11.9 Å². The number of hydrogen-bond donors (Lipinski definition) is 1. The van der Waals surface area contributed by atoms with Crippen LogP contribution in [-0.2, 0) is 14.3 Å². The van der Waals surface area contributed by atoms with Crippen molar-refractivity contribution >= 4 is 11.9 Å². The molecule has 5 heteroatoms. The second-order valence-corrected chi connectivity index (χ2v) is 4.19. The van der Waals surface area contributed by atoms with E-state index in [0.717, 1.165) is 5.56 Å². The zero-order valence-corrected chi connectivity index (χ0v) is 10.7. The Morgan fingerprint density at radius 3 is 2.56 bits per heavy atom. The number of rotatable bonds is 5. The van der Waals surface area contributed by atoms with Crippen molar-refractivity contribution in [3.63, 3.8) is 0 Å². The summed E-state index contributed by atoms with van der Waals surface area (Å²) in [5.74, 6) is -3.38. The lowest BCUT2D eigenvalue weighted by atomic mass is 10.0. The van der Waals surface area contributed by atoms with Crippen molar-refractivity contribution in [3.05, 3.63) is 29.6 Å². The first-order valence-electron chi connectivity index (χ1n) is 5.81. The van der Waals surface area contributed by atoms with Crippen molar-refractivity contribution in [2.45, 2.75) is 39.2 Å². The van der Waals surface area contributed by atoms with Crippen molar-refractivity contribution in [3.8, 4) is 0 Å². The number of hydrogen-bond acceptors (Lipinski definition) is 4. The van der Waals surface area contributed by atoms with Crippen LogP contribution in [0.5, 0.6) is 0 Å². The van der Waals surface area contributed by atoms with Gasteiger partial charge in [-0.2, -0.15) is 0 Å². The molecule has 5 nitrogen and oxygen atoms in total. The van der Waals surface area contributed by atoms with Gasteiger partial charge in [0.15, 0.2) is 5.92 Å². The van der Waals surface area contributed by atoms with E-state index in [0.29, 0.717) is 6.42 Å². The Hall–Kier alpha value is -1.91. The van der Waals surface area contributed by atoms with Gasteiger partial charge in [-0.25, -0.2) is 0 Å². The third kappa shape index (κ3) is 3.55. The molecule has 0 saturated heterocycles. The zero-order chi connectivity index (χ0) is 13.7. The molecule has 1 aromatic rings. The van der Waals surface area contributed by atoms with E-state index in [9.17, 15) is 9.59 Å². The summed E-state index contributed by atoms with van der Waals surface area (Å²) in [7, 11) is 0. The summed E-state index contributed by atoms with van der Waals surface area (Å²) >= 11 is 0. The van der Waals surface area contributed by atoms with Gasteiger partial charge in [0.05, 0.1) is 11.8 Å². The number of aromatic nitrogens is 1. The third-order valence-electron chi connectivity index (χ3n) is 2.60. The highest BCUT2D eigenvalue weighted by molar-refractivity contribution is 5.99. The lowest BCUT2D eigenvalue weighted by molar-refractivity contribution is -0.157. The average Bonchev–Trinajstić information content (AvgIpc) is 2.31. The van der Waals surface area contributed by atoms with Crippen molar-refractivity contribution in [1.82, 2.24) is 4.98 Å². The normalized spacial score (nSPS) is 13.7. The van der Waals surface area contributed by atoms with Gasteiger partial charge in [0.1, 0.15) is 0 Å². The highest BCUT2D eigenvalue weighted by atomic mass is 16.5. The molecule has 0 amide bonds. The second kappa shape index (κ2) is 6.14. The fourth-order valence-electron chi connectivity index (χ4n) is 1.35. The number of aliphatic carboxylic acids is 1. The first kappa shape index (κ1) is 14.2. The Labute approximate surface area is 106 Å². The molecule has 0 aliphatic heterocycles. The summed E-state index contributed by atoms with van der Waals surface area (Å²) in [6.07, 6.45) is 1.87. The van der Waals surface area contributed by atoms with E-state index >= 15 is 0 Å². The van der Waals surface area contributed by atoms with Crippen LogP contribution in [0.1, 0.15) is 37.4 Å². The quantitative estimate of drug-likeness (QED) is 0.639. The number of pyridine rings is 1. The molecule has 18 heavy (non-hydrogen) atoms. The molecule has 0 spiro atoms. The minimum absolute atomic E-state index is 0.196. The van der Waals surface area contributed by atoms with Gasteiger partial charge in [0.2, 0.25) is 0 Å². The van der Waals surface area contributed by atoms with Gasteiger partial charge in [0, 0.05) is 6.20 Å². The Bertz CT molecular complexity index is 427. The molecule has 98 valence electrons. The highest BCUT2D eigenvalue weighted by Crippen LogP contribution is 2.17. The summed E-state index contributed by atoms with van der Waals surface area (Å²) in [6.45, 7) is 5.42. The molecule has 0 fully saturated rings. The lowest BCUT2D eigenvalue weighted by Gasteiger charge is -2.15. The number of aryl methyl sites for hydroxylation is 1. The SMILES string of the molecule is CCC(C)OC(=O)C(C(=O)O)c1ccc(C)cn1. The van der Waals surface area contributed by atoms with Crippen LogP contribution in [0, 0.1) is 6.92 Å². The van der Waals surface area contributed by atoms with Crippen LogP contribution in [0.4, 0.5) is 0 Å². The number of ether oxygens (including phenoxy) is 1. The first-order chi connectivity index (χ1) is 8.45. The topological polar surface area (TPSA) is 76.5 Å². The number of carboxylic acids is 1. The molecule has 1 N–H and O–H groups in total. The fourth-order valence-corrected chi connectivity index (χ4v) is 1.35. The van der Waals surface area contributed by atoms with Crippen LogP contribution < -0.4 is 0 Å². The van der Waals surface area contributed by atoms with E-state index in [4.69, 9.17) is 9.84 Å². The fraction of sp³-hybridized carbons (Fsp3) is 0.462. The smallest absolute Gasteiger partial charge is 0.326 e. The summed E-state index contributed by atoms with van der Waals surface area (Å²) in [5.41, 5.74) is 1.10. The largest absolute Gasteiger partial charge is 0.480 e. The molecule has 2 unspecified atom stereocenters. The van der Waals surface area contributed by atoms with Gasteiger partial charge in [0.25, 0.3) is 0 Å². The van der Waals surface area contributed by atoms with Crippen LogP contribution >= 0.6 is 0 Å². The standard InChI is InChI=1S/C13H17NO4/c1-4-9(3)18-13(17)11(12(15)16)10-6-5-8(2)7-14-10/h5-7,9,11H,4H2,1-3H3,(H,15,16). The maximum Gasteiger partial charge on any atom is 0.326 e. The lowest BCUT2D eigenvalue weighted by Crippen LogP contribution is -2.27. The van der Waals surface area contributed by atoms with Gasteiger partial charge in [-0.05, 0) is 31.9 Å². The average molecular weight is 251 g/mol. The van der Waals surface area contributed by atoms with Crippen LogP contribution in [-0.4, -0.2) is 28.1 Å². The number of carbonyl (C=O) groups excluding carboxylic acids is 1. The Morgan fingerprint density at radius 2 is 2.11 bits per heavy atom. The summed E-state index contributed by atoms with van der Waals surface area (Å²) in [5, 5.41) is 9.11. The summed E-state index contributed by atoms with van der Waals surface area (Å²) in [6, 6.07) is 3.25. The number of nitrogens with zero attached hydrogens (tertiary/aromatic N) is 1. The van der Waals surface area contributed by atoms with Crippen molar-refractivity contribution in [1.29, 1.82) is 0 Å². The van der Waals surface area contributed by atoms with Gasteiger partial charge in [-0.1, -0.05) is 13.0 Å². The summed E-state index contributed by atoms with van der Waals surface area (Å²) in [4.78, 5) is 26.9. The number of esters is 1. The monoisotopic (exact) mass is 251 g/mol. The molecule has 0 aliphatic carbocycles. The molecular weight excluding hydrogens is 234 g/mol. The van der Waals surface area contributed by atoms with E-state index in [1.165, 1.54) is 12.3 Å². The van der Waals surface area contributed by atoms with Gasteiger partial charge in [-0.15, -0.1) is 0 Å². The van der Waals surface area contributed by atoms with E-state index in [-0.39, 0.29) is 11.8 Å². The first-order valence-corrected chi connectivity index (χ1v) is 5.81. The van der Waals surface area contributed by atoms with Gasteiger partial charge in [-0.3, -0.25) is 14.6 Å². The predicted octanol–water partition coefficient (Wildman–Crippen LogP) is 1.90. The minimum Gasteiger partial charge on any atom is -0.480 e. The molecular formula is C13H17NO4. The predicted molar refractivity (Wildman–Crippen MR) is 65.2 cm³/mol. The van der Waals surface area contributed by atoms with Crippen LogP contribution in [0.2, 0.25) is 0 Å². The van der Waals surface area contributed by atoms with E-state index in [1.807, 2.05) is 13.8 Å². The molecule has 2 atom stereocenters. The second-order valence-electron chi connectivity index (χ2n) is 4.19. The number of carbonyl (C=O) groups is 2. The van der Waals surface area contributed by atoms with E-state index in [1.54, 1.807) is 13.0 Å². The van der Waals surface area contributed by atoms with E-state index < -0.39 is 17.9 Å². The Balaban J connectivity index is 2.92. The van der Waals surface area contributed by atoms with Crippen LogP contribution in [0.3, 0.4) is 0 Å². The van der Waals surface area contributed by atoms with Crippen molar-refractivity contribution in [2.24, 2.45) is 0 Å². The maximum absolute atomic E-state index is 11.8. The van der Waals surface area contributed by atoms with Crippen LogP contribution in [0.25, 0.3) is 0 Å². The Kier molecular flexibility index (Phi) is 4.83. The minimum atomic E-state index is -1.36. The molecule has 0 radical (unpaired) electrons. The highest BCUT2D eigenvalue weighted by Gasteiger charge is 2.31. The third-order valence-corrected chi connectivity index (χ3v) is 2.60. The summed E-state index contributed by atoms with van der Waals surface area (Å²) < 4.78 is 5.05. The molecule has 0 bridgehead atoms. The maximum atomic E-state index is 11.8. The molecule has 1 heterocycles. The van der Waals surface area contributed by atoms with Crippen LogP contribution in [0.15, 0.2) is 18.3 Å². The zero-order valence-electron chi connectivity index (χ0n) is 10.7.